The van der Waals surface area contributed by atoms with E-state index >= 15 is 0 Å². The molecule has 0 aliphatic heterocycles. The van der Waals surface area contributed by atoms with Gasteiger partial charge in [0.2, 0.25) is 0 Å². The number of hydrogen-bond acceptors (Lipinski definition) is 15. The van der Waals surface area contributed by atoms with Gasteiger partial charge in [-0.1, -0.05) is 330 Å². The zero-order valence-electron chi connectivity index (χ0n) is 60.6. The van der Waals surface area contributed by atoms with Crippen LogP contribution in [-0.2, 0) is 65.4 Å². The largest absolute Gasteiger partial charge is 0.472 e. The molecular weight excluding hydrogens is 1220 g/mol. The van der Waals surface area contributed by atoms with Crippen molar-refractivity contribution in [3.8, 4) is 0 Å². The monoisotopic (exact) mass is 1370 g/mol. The van der Waals surface area contributed by atoms with E-state index in [9.17, 15) is 43.2 Å². The fourth-order valence-corrected chi connectivity index (χ4v) is 12.9. The zero-order valence-corrected chi connectivity index (χ0v) is 62.3. The third kappa shape index (κ3) is 68.4. The number of carbonyl (C=O) groups excluding carboxylic acids is 4. The van der Waals surface area contributed by atoms with Gasteiger partial charge in [0.25, 0.3) is 0 Å². The normalized spacial score (nSPS) is 14.1. The second kappa shape index (κ2) is 66.0. The highest BCUT2D eigenvalue weighted by Crippen LogP contribution is 2.45. The Morgan fingerprint density at radius 3 is 0.731 bits per heavy atom. The lowest BCUT2D eigenvalue weighted by Crippen LogP contribution is -2.30. The fraction of sp³-hybridized carbons (Fsp3) is 0.946. The maximum absolute atomic E-state index is 13.1. The number of esters is 4. The molecule has 0 saturated heterocycles. The Bertz CT molecular complexity index is 1800. The van der Waals surface area contributed by atoms with Gasteiger partial charge >= 0.3 is 39.5 Å². The SMILES string of the molecule is CCCCCCCCCCCCCCCCCCCCC(=O)O[C@H](COC(=O)CCCCCCCCCCCCCCCC(C)C)COP(=O)(O)OC[C@@H](O)COP(=O)(O)OC[C@@H](COC(=O)CCCCCCCCCCC)OC(=O)CCCCCCCCCC(C)C. The molecule has 0 amide bonds. The molecule has 0 spiro atoms. The topological polar surface area (TPSA) is 237 Å². The van der Waals surface area contributed by atoms with Crippen LogP contribution in [0, 0.1) is 11.8 Å². The molecular formula is C74H144O17P2. The van der Waals surface area contributed by atoms with Gasteiger partial charge in [-0.2, -0.15) is 0 Å². The van der Waals surface area contributed by atoms with Crippen molar-refractivity contribution in [3.05, 3.63) is 0 Å². The van der Waals surface area contributed by atoms with Gasteiger partial charge < -0.3 is 33.8 Å². The maximum Gasteiger partial charge on any atom is 0.472 e. The van der Waals surface area contributed by atoms with Crippen LogP contribution < -0.4 is 0 Å². The second-order valence-electron chi connectivity index (χ2n) is 27.6. The Labute approximate surface area is 568 Å². The molecule has 0 radical (unpaired) electrons. The minimum absolute atomic E-state index is 0.104. The molecule has 17 nitrogen and oxygen atoms in total. The molecule has 552 valence electrons. The van der Waals surface area contributed by atoms with E-state index in [1.807, 2.05) is 0 Å². The molecule has 0 heterocycles. The Morgan fingerprint density at radius 1 is 0.290 bits per heavy atom. The van der Waals surface area contributed by atoms with E-state index < -0.39 is 97.5 Å². The van der Waals surface area contributed by atoms with Crippen molar-refractivity contribution in [2.24, 2.45) is 11.8 Å². The zero-order chi connectivity index (χ0) is 68.6. The van der Waals surface area contributed by atoms with Crippen molar-refractivity contribution in [2.45, 2.75) is 400 Å². The predicted molar refractivity (Wildman–Crippen MR) is 377 cm³/mol. The van der Waals surface area contributed by atoms with Crippen molar-refractivity contribution in [1.82, 2.24) is 0 Å². The van der Waals surface area contributed by atoms with Gasteiger partial charge in [0.05, 0.1) is 26.4 Å². The van der Waals surface area contributed by atoms with Crippen LogP contribution in [-0.4, -0.2) is 96.7 Å². The van der Waals surface area contributed by atoms with Crippen LogP contribution in [0.1, 0.15) is 382 Å². The van der Waals surface area contributed by atoms with E-state index in [0.717, 1.165) is 95.8 Å². The molecule has 0 bridgehead atoms. The lowest BCUT2D eigenvalue weighted by Gasteiger charge is -2.21. The first-order chi connectivity index (χ1) is 44.9. The number of aliphatic hydroxyl groups is 1. The first kappa shape index (κ1) is 91.1. The number of carbonyl (C=O) groups is 4. The van der Waals surface area contributed by atoms with Crippen molar-refractivity contribution in [3.63, 3.8) is 0 Å². The average molecular weight is 1370 g/mol. The van der Waals surface area contributed by atoms with Crippen LogP contribution in [0.15, 0.2) is 0 Å². The molecule has 0 rings (SSSR count). The highest BCUT2D eigenvalue weighted by atomic mass is 31.2. The van der Waals surface area contributed by atoms with E-state index in [1.165, 1.54) is 199 Å². The van der Waals surface area contributed by atoms with Gasteiger partial charge in [-0.3, -0.25) is 37.3 Å². The Hall–Kier alpha value is -1.94. The van der Waals surface area contributed by atoms with E-state index in [-0.39, 0.29) is 25.7 Å². The molecule has 0 aromatic rings. The number of aliphatic hydroxyl groups excluding tert-OH is 1. The summed E-state index contributed by atoms with van der Waals surface area (Å²) in [5.74, 6) is -0.634. The van der Waals surface area contributed by atoms with Gasteiger partial charge in [0.15, 0.2) is 12.2 Å². The van der Waals surface area contributed by atoms with Crippen molar-refractivity contribution < 1.29 is 80.2 Å². The summed E-state index contributed by atoms with van der Waals surface area (Å²) in [4.78, 5) is 72.6. The lowest BCUT2D eigenvalue weighted by atomic mass is 10.0. The van der Waals surface area contributed by atoms with Crippen molar-refractivity contribution in [2.75, 3.05) is 39.6 Å². The third-order valence-corrected chi connectivity index (χ3v) is 19.1. The van der Waals surface area contributed by atoms with Gasteiger partial charge in [-0.05, 0) is 37.5 Å². The minimum Gasteiger partial charge on any atom is -0.462 e. The third-order valence-electron chi connectivity index (χ3n) is 17.2. The summed E-state index contributed by atoms with van der Waals surface area (Å²) in [6, 6.07) is 0. The van der Waals surface area contributed by atoms with E-state index in [2.05, 4.69) is 41.5 Å². The molecule has 0 aromatic heterocycles. The lowest BCUT2D eigenvalue weighted by molar-refractivity contribution is -0.161. The number of unbranched alkanes of at least 4 members (excludes halogenated alkanes) is 43. The molecule has 0 aliphatic carbocycles. The number of phosphoric ester groups is 2. The van der Waals surface area contributed by atoms with Crippen LogP contribution in [0.25, 0.3) is 0 Å². The van der Waals surface area contributed by atoms with Gasteiger partial charge in [-0.15, -0.1) is 0 Å². The highest BCUT2D eigenvalue weighted by Gasteiger charge is 2.30. The molecule has 0 aliphatic rings. The standard InChI is InChI=1S/C74H144O17P2/c1-7-9-11-13-15-17-18-19-20-21-22-23-26-30-34-40-46-52-58-73(78)90-69(62-85-72(77)57-51-45-39-33-29-27-24-25-28-32-36-42-48-54-66(3)4)64-88-92(80,81)86-60-68(75)61-87-93(82,83)89-65-70(63-84-71(76)56-50-44-38-31-16-14-12-10-8-2)91-74(79)59-53-47-41-35-37-43-49-55-67(5)6/h66-70,75H,7-65H2,1-6H3,(H,80,81)(H,82,83)/t68-,69-,70-/m1/s1. The quantitative estimate of drug-likeness (QED) is 0.0222. The summed E-state index contributed by atoms with van der Waals surface area (Å²) in [6.07, 6.45) is 52.9. The van der Waals surface area contributed by atoms with Crippen molar-refractivity contribution in [1.29, 1.82) is 0 Å². The number of phosphoric acid groups is 2. The first-order valence-corrected chi connectivity index (χ1v) is 41.5. The number of ether oxygens (including phenoxy) is 4. The summed E-state index contributed by atoms with van der Waals surface area (Å²) >= 11 is 0. The summed E-state index contributed by atoms with van der Waals surface area (Å²) in [7, 11) is -9.90. The predicted octanol–water partition coefficient (Wildman–Crippen LogP) is 21.6. The Morgan fingerprint density at radius 2 is 0.495 bits per heavy atom. The molecule has 0 saturated carbocycles. The minimum atomic E-state index is -4.96. The van der Waals surface area contributed by atoms with Crippen LogP contribution in [0.5, 0.6) is 0 Å². The van der Waals surface area contributed by atoms with Crippen LogP contribution in [0.3, 0.4) is 0 Å². The number of hydrogen-bond donors (Lipinski definition) is 3. The smallest absolute Gasteiger partial charge is 0.462 e. The fourth-order valence-electron chi connectivity index (χ4n) is 11.3. The highest BCUT2D eigenvalue weighted by molar-refractivity contribution is 7.47. The summed E-state index contributed by atoms with van der Waals surface area (Å²) < 4.78 is 68.4. The van der Waals surface area contributed by atoms with E-state index in [0.29, 0.717) is 31.6 Å². The molecule has 2 unspecified atom stereocenters. The molecule has 5 atom stereocenters. The van der Waals surface area contributed by atoms with Crippen molar-refractivity contribution >= 4 is 39.5 Å². The van der Waals surface area contributed by atoms with E-state index in [1.54, 1.807) is 0 Å². The summed E-state index contributed by atoms with van der Waals surface area (Å²) in [5, 5.41) is 10.6. The van der Waals surface area contributed by atoms with Gasteiger partial charge in [-0.25, -0.2) is 9.13 Å². The van der Waals surface area contributed by atoms with Crippen LogP contribution in [0.4, 0.5) is 0 Å². The number of rotatable bonds is 73. The Kier molecular flexibility index (Phi) is 64.6. The first-order valence-electron chi connectivity index (χ1n) is 38.5. The Balaban J connectivity index is 5.21. The molecule has 3 N–H and O–H groups in total. The maximum atomic E-state index is 13.1. The molecule has 19 heteroatoms. The van der Waals surface area contributed by atoms with Crippen LogP contribution in [0.2, 0.25) is 0 Å². The van der Waals surface area contributed by atoms with Gasteiger partial charge in [0, 0.05) is 25.7 Å². The summed E-state index contributed by atoms with van der Waals surface area (Å²) in [6.45, 7) is 9.52. The molecule has 93 heavy (non-hydrogen) atoms. The second-order valence-corrected chi connectivity index (χ2v) is 30.5. The van der Waals surface area contributed by atoms with E-state index in [4.69, 9.17) is 37.0 Å². The van der Waals surface area contributed by atoms with Gasteiger partial charge in [0.1, 0.15) is 19.3 Å². The molecule has 0 aromatic carbocycles. The molecule has 0 fully saturated rings. The summed E-state index contributed by atoms with van der Waals surface area (Å²) in [5.41, 5.74) is 0. The average Bonchev–Trinajstić information content (AvgIpc) is 2.08. The van der Waals surface area contributed by atoms with Crippen LogP contribution >= 0.6 is 15.6 Å².